The number of hydrogen-bond acceptors (Lipinski definition) is 21. The summed E-state index contributed by atoms with van der Waals surface area (Å²) in [6.45, 7) is 20.6. The van der Waals surface area contributed by atoms with Gasteiger partial charge < -0.3 is 65.0 Å². The van der Waals surface area contributed by atoms with E-state index in [1.54, 1.807) is 84.2 Å². The predicted molar refractivity (Wildman–Crippen MR) is 450 cm³/mol. The van der Waals surface area contributed by atoms with Crippen LogP contribution in [0, 0.1) is 38.0 Å². The molecule has 14 rings (SSSR count). The summed E-state index contributed by atoms with van der Waals surface area (Å²) in [4.78, 5) is 135. The number of carboxylic acids is 1. The Morgan fingerprint density at radius 3 is 1.32 bits per heavy atom. The number of pyridine rings is 5. The molecule has 5 aliphatic rings. The molecule has 0 fully saturated rings. The molecular formula is C88H93BrN12O16. The molecule has 28 nitrogen and oxygen atoms in total. The molecule has 0 radical (unpaired) electrons. The van der Waals surface area contributed by atoms with E-state index in [4.69, 9.17) is 34.6 Å². The predicted octanol–water partition coefficient (Wildman–Crippen LogP) is 14.2. The summed E-state index contributed by atoms with van der Waals surface area (Å²) < 4.78 is 27.4. The van der Waals surface area contributed by atoms with Crippen LogP contribution in [-0.4, -0.2) is 125 Å². The number of anilines is 6. The van der Waals surface area contributed by atoms with Gasteiger partial charge in [-0.05, 0) is 229 Å². The summed E-state index contributed by atoms with van der Waals surface area (Å²) in [5.74, 6) is 9.02. The van der Waals surface area contributed by atoms with E-state index in [0.29, 0.717) is 99.0 Å². The summed E-state index contributed by atoms with van der Waals surface area (Å²) in [5.41, 5.74) is 10.4. The Morgan fingerprint density at radius 2 is 0.906 bits per heavy atom. The molecule has 2 aromatic carbocycles. The summed E-state index contributed by atoms with van der Waals surface area (Å²) in [5, 5.41) is 27.3. The maximum atomic E-state index is 12.5. The van der Waals surface area contributed by atoms with E-state index in [9.17, 15) is 47.9 Å². The minimum atomic E-state index is -0.994. The molecule has 9 aromatic rings. The van der Waals surface area contributed by atoms with Gasteiger partial charge in [0.2, 0.25) is 35.4 Å². The van der Waals surface area contributed by atoms with E-state index in [1.807, 2.05) is 113 Å². The fraction of sp³-hybridized carbons (Fsp3) is 0.307. The van der Waals surface area contributed by atoms with Crippen molar-refractivity contribution in [2.24, 2.45) is 0 Å². The number of terminal acetylenes is 1. The first-order chi connectivity index (χ1) is 55.4. The first-order valence-corrected chi connectivity index (χ1v) is 38.1. The van der Waals surface area contributed by atoms with Gasteiger partial charge in [-0.25, -0.2) is 44.1 Å². The van der Waals surface area contributed by atoms with Crippen LogP contribution in [-0.2, 0) is 101 Å². The molecule has 29 heteroatoms. The fourth-order valence-corrected chi connectivity index (χ4v) is 11.8. The minimum Gasteiger partial charge on any atom is -0.478 e. The van der Waals surface area contributed by atoms with Gasteiger partial charge in [0.05, 0.1) is 6.54 Å². The van der Waals surface area contributed by atoms with Crippen molar-refractivity contribution in [2.45, 2.75) is 164 Å². The molecule has 7 aromatic heterocycles. The van der Waals surface area contributed by atoms with Crippen LogP contribution in [0.5, 0.6) is 0 Å². The van der Waals surface area contributed by atoms with Crippen molar-refractivity contribution in [3.05, 3.63) is 200 Å². The lowest BCUT2D eigenvalue weighted by Crippen LogP contribution is -2.24. The zero-order valence-corrected chi connectivity index (χ0v) is 68.9. The van der Waals surface area contributed by atoms with Crippen molar-refractivity contribution in [3.8, 4) is 24.2 Å². The van der Waals surface area contributed by atoms with Crippen LogP contribution < -0.4 is 31.9 Å². The van der Waals surface area contributed by atoms with E-state index < -0.39 is 34.7 Å². The number of hydrogen-bond donors (Lipinski definition) is 7. The summed E-state index contributed by atoms with van der Waals surface area (Å²) in [6.07, 6.45) is 27.4. The molecule has 0 aliphatic carbocycles. The average molecular weight is 1650 g/mol. The Balaban J connectivity index is 0.000000175. The van der Waals surface area contributed by atoms with Crippen molar-refractivity contribution in [3.63, 3.8) is 0 Å². The molecule has 117 heavy (non-hydrogen) atoms. The zero-order valence-electron chi connectivity index (χ0n) is 67.3. The number of ether oxygens (including phenoxy) is 3. The molecular weight excluding hydrogens is 1560 g/mol. The largest absolute Gasteiger partial charge is 0.478 e. The summed E-state index contributed by atoms with van der Waals surface area (Å²) >= 11 is 3.33. The number of furan rings is 2. The lowest BCUT2D eigenvalue weighted by atomic mass is 10.0. The van der Waals surface area contributed by atoms with Crippen molar-refractivity contribution in [1.82, 2.24) is 29.8 Å². The zero-order chi connectivity index (χ0) is 85.3. The van der Waals surface area contributed by atoms with Crippen molar-refractivity contribution < 1.29 is 76.1 Å². The SMILES string of the molecule is C#CC(=O)OC(C)(C)C.CC(C)(C)OC(=O)/C=C\c1cnc2c(c1)CCC(=O)N2.CC(C)(C)OC(=O)C#Cc1cnc2c(c1)CCC(=O)N2.CNc1oc2ccccc2c1C.Cc1c(CN(C)C(=O)/C=C\c2cnc3c(c2)CCC(=O)N3)oc2ccccc12.O=C(O)/C=C\c1cnc2c(c1)CCC(=O)N2.O=C1CCc2cc(Br)cnc2N1. The third kappa shape index (κ3) is 28.9. The van der Waals surface area contributed by atoms with Gasteiger partial charge in [-0.15, -0.1) is 6.42 Å². The summed E-state index contributed by atoms with van der Waals surface area (Å²) in [7, 11) is 3.62. The number of aromatic nitrogens is 5. The molecule has 0 atom stereocenters. The van der Waals surface area contributed by atoms with Gasteiger partial charge in [0.15, 0.2) is 5.88 Å². The van der Waals surface area contributed by atoms with Gasteiger partial charge >= 0.3 is 23.9 Å². The number of nitrogens with zero attached hydrogens (tertiary/aromatic N) is 6. The lowest BCUT2D eigenvalue weighted by molar-refractivity contribution is -0.149. The Kier molecular flexibility index (Phi) is 31.3. The third-order valence-electron chi connectivity index (χ3n) is 16.9. The number of para-hydroxylation sites is 2. The topological polar surface area (TPSA) is 385 Å². The van der Waals surface area contributed by atoms with Gasteiger partial charge in [0.25, 0.3) is 0 Å². The van der Waals surface area contributed by atoms with Gasteiger partial charge in [0, 0.05) is 139 Å². The average Bonchev–Trinajstić information content (AvgIpc) is 1.79. The third-order valence-corrected chi connectivity index (χ3v) is 17.3. The highest BCUT2D eigenvalue weighted by Gasteiger charge is 2.23. The van der Waals surface area contributed by atoms with Gasteiger partial charge in [-0.1, -0.05) is 42.3 Å². The molecule has 7 N–H and O–H groups in total. The number of rotatable bonds is 9. The van der Waals surface area contributed by atoms with E-state index in [2.05, 4.69) is 97.6 Å². The Hall–Kier alpha value is -13.4. The molecule has 0 unspecified atom stereocenters. The second kappa shape index (κ2) is 41.1. The van der Waals surface area contributed by atoms with E-state index in [1.165, 1.54) is 41.6 Å². The Morgan fingerprint density at radius 1 is 0.521 bits per heavy atom. The number of aliphatic carboxylic acids is 1. The molecule has 0 saturated carbocycles. The van der Waals surface area contributed by atoms with Crippen LogP contribution in [0.25, 0.3) is 40.2 Å². The highest BCUT2D eigenvalue weighted by atomic mass is 79.9. The quantitative estimate of drug-likeness (QED) is 0.0232. The molecule has 0 spiro atoms. The molecule has 5 aliphatic heterocycles. The molecule has 0 bridgehead atoms. The van der Waals surface area contributed by atoms with Crippen LogP contribution in [0.2, 0.25) is 0 Å². The van der Waals surface area contributed by atoms with E-state index in [-0.39, 0.29) is 41.4 Å². The van der Waals surface area contributed by atoms with Gasteiger partial charge in [-0.3, -0.25) is 28.8 Å². The van der Waals surface area contributed by atoms with Crippen molar-refractivity contribution in [1.29, 1.82) is 0 Å². The number of fused-ring (bicyclic) bond motifs is 7. The van der Waals surface area contributed by atoms with Crippen LogP contribution in [0.4, 0.5) is 35.0 Å². The highest BCUT2D eigenvalue weighted by Crippen LogP contribution is 2.31. The van der Waals surface area contributed by atoms with Crippen LogP contribution in [0.1, 0.15) is 161 Å². The minimum absolute atomic E-state index is 0.0120. The van der Waals surface area contributed by atoms with Crippen molar-refractivity contribution >= 4 is 150 Å². The first-order valence-electron chi connectivity index (χ1n) is 37.3. The van der Waals surface area contributed by atoms with Crippen LogP contribution in [0.3, 0.4) is 0 Å². The number of aryl methyl sites for hydroxylation is 7. The maximum Gasteiger partial charge on any atom is 0.385 e. The monoisotopic (exact) mass is 1650 g/mol. The normalized spacial score (nSPS) is 13.5. The Bertz CT molecular complexity index is 5450. The summed E-state index contributed by atoms with van der Waals surface area (Å²) in [6, 6.07) is 25.4. The maximum absolute atomic E-state index is 12.5. The number of nitrogens with one attached hydrogen (secondary N) is 6. The number of halogens is 1. The molecule has 0 saturated heterocycles. The number of benzene rings is 2. The standard InChI is InChI=1S/C22H21N3O3.C15H18N2O3.C15H16N2O3.C11H10N2O3.C10H11NO.C8H7BrN2O.C7H10O2/c1-14-17-5-3-4-6-18(17)28-19(14)13-25(2)21(27)10-7-15-11-16-8-9-20(26)24-22(16)23-12-15;2*1-15(2,3)20-13(19)7-4-10-8-11-5-6-12(18)17-14(11)16-9-10;14-9-3-2-8-5-7(1-4-10(15)16)6-12-11(8)13-9;1-7-8-5-3-4-6-9(8)12-10(7)11-2;9-6-3-5-1-2-7(12)11-8(5)10-4-6;1-5-6(8)9-7(2,3)4/h3-7,10-12H,8-9,13H2,1-2H3,(H,23,24,26);4,7-9H,5-6H2,1-3H3,(H,16,17,18);8-9H,5-6H2,1-3H3,(H,16,17,18);1,4-6H,2-3H2,(H,15,16)(H,12,13,14);3-6,11H,1-2H3;3-4H,1-2H2,(H,10,11,12);1H,2-4H3/b10-7-;7-4-;;4-1-;;;. The van der Waals surface area contributed by atoms with Crippen molar-refractivity contribution in [2.75, 3.05) is 46.0 Å². The number of likely N-dealkylation sites (N-methyl/N-ethyl adjacent to an activating group) is 1. The lowest BCUT2D eigenvalue weighted by Gasteiger charge is -2.18. The molecule has 6 amide bonds. The van der Waals surface area contributed by atoms with E-state index in [0.717, 1.165) is 95.2 Å². The number of carbonyl (C=O) groups excluding carboxylic acids is 9. The highest BCUT2D eigenvalue weighted by molar-refractivity contribution is 9.10. The van der Waals surface area contributed by atoms with Gasteiger partial charge in [-0.2, -0.15) is 0 Å². The number of amides is 6. The van der Waals surface area contributed by atoms with Gasteiger partial charge in [0.1, 0.15) is 62.8 Å². The van der Waals surface area contributed by atoms with E-state index >= 15 is 0 Å². The number of carbonyl (C=O) groups is 10. The first kappa shape index (κ1) is 89.1. The fourth-order valence-electron chi connectivity index (χ4n) is 11.4. The van der Waals surface area contributed by atoms with Crippen LogP contribution in [0.15, 0.2) is 141 Å². The molecule has 608 valence electrons. The number of carboxylic acid groups (broad SMARTS) is 1. The van der Waals surface area contributed by atoms with Crippen LogP contribution >= 0.6 is 15.9 Å². The second-order valence-electron chi connectivity index (χ2n) is 29.9. The smallest absolute Gasteiger partial charge is 0.385 e. The number of esters is 3. The Labute approximate surface area is 686 Å². The second-order valence-corrected chi connectivity index (χ2v) is 30.8. The molecule has 12 heterocycles.